The smallest absolute Gasteiger partial charge is 0.236 e. The summed E-state index contributed by atoms with van der Waals surface area (Å²) in [6, 6.07) is 9.42. The van der Waals surface area contributed by atoms with Crippen molar-refractivity contribution >= 4 is 28.8 Å². The standard InChI is InChI=1S/C30H33N3O4/c34-25-9-7-21-17-22(6-8-24(21)25)27-28(36)30(37-29(27)20-10-12-31-13-11-20)23-5-4-16-33(18-23)26(35)19-32-14-2-1-3-15-32/h6,8,10-13,17,23,30H,1-5,7,9,14-16,18-19H2. The summed E-state index contributed by atoms with van der Waals surface area (Å²) in [5.41, 5.74) is 3.92. The highest BCUT2D eigenvalue weighted by atomic mass is 16.5. The predicted octanol–water partition coefficient (Wildman–Crippen LogP) is 3.77. The van der Waals surface area contributed by atoms with Gasteiger partial charge in [0, 0.05) is 48.9 Å². The Balaban J connectivity index is 1.25. The van der Waals surface area contributed by atoms with Crippen LogP contribution < -0.4 is 0 Å². The molecule has 2 saturated heterocycles. The number of aryl methyl sites for hydroxylation is 1. The third-order valence-corrected chi connectivity index (χ3v) is 8.28. The van der Waals surface area contributed by atoms with E-state index in [9.17, 15) is 14.4 Å². The molecule has 3 aliphatic heterocycles. The molecule has 192 valence electrons. The van der Waals surface area contributed by atoms with Crippen molar-refractivity contribution in [2.24, 2.45) is 5.92 Å². The molecule has 1 amide bonds. The van der Waals surface area contributed by atoms with Crippen molar-refractivity contribution in [3.8, 4) is 0 Å². The zero-order valence-corrected chi connectivity index (χ0v) is 21.2. The number of nitrogens with zero attached hydrogens (tertiary/aromatic N) is 3. The first-order valence-electron chi connectivity index (χ1n) is 13.6. The van der Waals surface area contributed by atoms with Crippen molar-refractivity contribution in [3.63, 3.8) is 0 Å². The molecule has 2 atom stereocenters. The SMILES string of the molecule is O=C1CCc2cc(C3=C(c4ccncc4)OC(C4CCCN(C(=O)CN5CCCCC5)C4)C3=O)ccc21. The van der Waals surface area contributed by atoms with Gasteiger partial charge in [-0.1, -0.05) is 24.6 Å². The third-order valence-electron chi connectivity index (χ3n) is 8.28. The summed E-state index contributed by atoms with van der Waals surface area (Å²) in [4.78, 5) is 47.6. The Morgan fingerprint density at radius 2 is 1.76 bits per heavy atom. The second kappa shape index (κ2) is 10.2. The molecule has 1 aromatic heterocycles. The van der Waals surface area contributed by atoms with Crippen LogP contribution in [-0.2, 0) is 20.7 Å². The average Bonchev–Trinajstić information content (AvgIpc) is 3.49. The fourth-order valence-electron chi connectivity index (χ4n) is 6.30. The van der Waals surface area contributed by atoms with Gasteiger partial charge in [-0.15, -0.1) is 0 Å². The van der Waals surface area contributed by atoms with Gasteiger partial charge in [0.15, 0.2) is 11.9 Å². The summed E-state index contributed by atoms with van der Waals surface area (Å²) >= 11 is 0. The lowest BCUT2D eigenvalue weighted by atomic mass is 9.87. The number of carbonyl (C=O) groups excluding carboxylic acids is 3. The second-order valence-corrected chi connectivity index (χ2v) is 10.7. The number of hydrogen-bond acceptors (Lipinski definition) is 6. The van der Waals surface area contributed by atoms with Gasteiger partial charge in [-0.2, -0.15) is 0 Å². The Morgan fingerprint density at radius 1 is 0.946 bits per heavy atom. The number of likely N-dealkylation sites (tertiary alicyclic amines) is 2. The fraction of sp³-hybridized carbons (Fsp3) is 0.467. The Hall–Kier alpha value is -3.32. The molecule has 1 aliphatic carbocycles. The highest BCUT2D eigenvalue weighted by Gasteiger charge is 2.43. The van der Waals surface area contributed by atoms with Crippen molar-refractivity contribution in [2.75, 3.05) is 32.7 Å². The van der Waals surface area contributed by atoms with Gasteiger partial charge in [0.25, 0.3) is 0 Å². The Morgan fingerprint density at radius 3 is 2.57 bits per heavy atom. The number of fused-ring (bicyclic) bond motifs is 1. The van der Waals surface area contributed by atoms with Crippen LogP contribution in [0.3, 0.4) is 0 Å². The topological polar surface area (TPSA) is 79.8 Å². The molecule has 0 bridgehead atoms. The number of piperidine rings is 2. The number of benzene rings is 1. The van der Waals surface area contributed by atoms with Crippen LogP contribution >= 0.6 is 0 Å². The molecule has 2 aromatic rings. The Kier molecular flexibility index (Phi) is 6.63. The van der Waals surface area contributed by atoms with Crippen LogP contribution in [0, 0.1) is 5.92 Å². The molecule has 4 heterocycles. The Bertz CT molecular complexity index is 1250. The van der Waals surface area contributed by atoms with E-state index in [1.807, 2.05) is 35.2 Å². The van der Waals surface area contributed by atoms with Gasteiger partial charge in [-0.3, -0.25) is 24.3 Å². The fourth-order valence-corrected chi connectivity index (χ4v) is 6.30. The number of ketones is 2. The molecule has 7 nitrogen and oxygen atoms in total. The molecule has 2 unspecified atom stereocenters. The van der Waals surface area contributed by atoms with Gasteiger partial charge in [-0.05, 0) is 68.5 Å². The van der Waals surface area contributed by atoms with E-state index in [1.165, 1.54) is 6.42 Å². The van der Waals surface area contributed by atoms with Crippen molar-refractivity contribution in [1.82, 2.24) is 14.8 Å². The number of hydrogen-bond donors (Lipinski definition) is 0. The molecule has 0 spiro atoms. The largest absolute Gasteiger partial charge is 0.480 e. The first-order chi connectivity index (χ1) is 18.1. The Labute approximate surface area is 217 Å². The third kappa shape index (κ3) is 4.73. The highest BCUT2D eigenvalue weighted by Crippen LogP contribution is 2.41. The van der Waals surface area contributed by atoms with Gasteiger partial charge in [-0.25, -0.2) is 0 Å². The molecule has 4 aliphatic rings. The van der Waals surface area contributed by atoms with Gasteiger partial charge < -0.3 is 9.64 Å². The van der Waals surface area contributed by atoms with Crippen molar-refractivity contribution < 1.29 is 19.1 Å². The van der Waals surface area contributed by atoms with E-state index in [4.69, 9.17) is 4.74 Å². The summed E-state index contributed by atoms with van der Waals surface area (Å²) in [6.07, 6.45) is 9.26. The van der Waals surface area contributed by atoms with E-state index in [0.29, 0.717) is 37.3 Å². The summed E-state index contributed by atoms with van der Waals surface area (Å²) in [6.45, 7) is 3.72. The molecule has 0 N–H and O–H groups in total. The lowest BCUT2D eigenvalue weighted by Gasteiger charge is -2.36. The first-order valence-corrected chi connectivity index (χ1v) is 13.6. The molecule has 0 radical (unpaired) electrons. The lowest BCUT2D eigenvalue weighted by Crippen LogP contribution is -2.49. The van der Waals surface area contributed by atoms with Crippen LogP contribution in [0.1, 0.15) is 65.6 Å². The minimum atomic E-state index is -0.626. The molecule has 6 rings (SSSR count). The lowest BCUT2D eigenvalue weighted by molar-refractivity contribution is -0.137. The maximum Gasteiger partial charge on any atom is 0.236 e. The van der Waals surface area contributed by atoms with E-state index >= 15 is 0 Å². The minimum Gasteiger partial charge on any atom is -0.480 e. The second-order valence-electron chi connectivity index (χ2n) is 10.7. The molecule has 2 fully saturated rings. The molecular formula is C30H33N3O4. The van der Waals surface area contributed by atoms with E-state index in [-0.39, 0.29) is 23.4 Å². The number of aromatic nitrogens is 1. The van der Waals surface area contributed by atoms with E-state index in [1.54, 1.807) is 12.4 Å². The molecular weight excluding hydrogens is 466 g/mol. The summed E-state index contributed by atoms with van der Waals surface area (Å²) in [7, 11) is 0. The van der Waals surface area contributed by atoms with Crippen LogP contribution in [-0.4, -0.2) is 71.1 Å². The molecule has 1 aromatic carbocycles. The molecule has 37 heavy (non-hydrogen) atoms. The molecule has 7 heteroatoms. The van der Waals surface area contributed by atoms with Gasteiger partial charge in [0.2, 0.25) is 11.7 Å². The van der Waals surface area contributed by atoms with Crippen molar-refractivity contribution in [1.29, 1.82) is 0 Å². The number of amides is 1. The van der Waals surface area contributed by atoms with Gasteiger partial charge in [0.05, 0.1) is 12.1 Å². The molecule has 0 saturated carbocycles. The van der Waals surface area contributed by atoms with Crippen LogP contribution in [0.4, 0.5) is 0 Å². The van der Waals surface area contributed by atoms with Crippen molar-refractivity contribution in [3.05, 3.63) is 65.0 Å². The van der Waals surface area contributed by atoms with Crippen LogP contribution in [0.15, 0.2) is 42.7 Å². The number of rotatable bonds is 5. The van der Waals surface area contributed by atoms with Gasteiger partial charge in [0.1, 0.15) is 5.76 Å². The quantitative estimate of drug-likeness (QED) is 0.623. The zero-order chi connectivity index (χ0) is 25.4. The summed E-state index contributed by atoms with van der Waals surface area (Å²) in [5.74, 6) is 0.790. The maximum absolute atomic E-state index is 14.0. The number of carbonyl (C=O) groups is 3. The summed E-state index contributed by atoms with van der Waals surface area (Å²) in [5, 5.41) is 0. The van der Waals surface area contributed by atoms with Crippen LogP contribution in [0.25, 0.3) is 11.3 Å². The van der Waals surface area contributed by atoms with Crippen molar-refractivity contribution in [2.45, 2.75) is 51.0 Å². The van der Waals surface area contributed by atoms with Crippen LogP contribution in [0.2, 0.25) is 0 Å². The van der Waals surface area contributed by atoms with E-state index < -0.39 is 6.10 Å². The van der Waals surface area contributed by atoms with Crippen LogP contribution in [0.5, 0.6) is 0 Å². The number of pyridine rings is 1. The number of ether oxygens (including phenoxy) is 1. The van der Waals surface area contributed by atoms with E-state index in [2.05, 4.69) is 9.88 Å². The van der Waals surface area contributed by atoms with E-state index in [0.717, 1.165) is 67.6 Å². The normalized spacial score (nSPS) is 24.4. The highest BCUT2D eigenvalue weighted by molar-refractivity contribution is 6.31. The number of Topliss-reactive ketones (excluding diaryl/α,β-unsaturated/α-hetero) is 2. The first kappa shape index (κ1) is 24.0. The maximum atomic E-state index is 14.0. The van der Waals surface area contributed by atoms with Gasteiger partial charge >= 0.3 is 0 Å². The monoisotopic (exact) mass is 499 g/mol. The summed E-state index contributed by atoms with van der Waals surface area (Å²) < 4.78 is 6.47. The minimum absolute atomic E-state index is 0.0357. The predicted molar refractivity (Wildman–Crippen MR) is 140 cm³/mol. The zero-order valence-electron chi connectivity index (χ0n) is 21.2. The average molecular weight is 500 g/mol.